The van der Waals surface area contributed by atoms with Crippen LogP contribution in [0.4, 0.5) is 4.39 Å². The van der Waals surface area contributed by atoms with E-state index in [2.05, 4.69) is 5.32 Å². The standard InChI is InChI=1S/C13H18FNO/c1-16-8-6-12-10(3-2-4-13(12)14)9-11-5-7-15-11/h2-4,11,15H,5-9H2,1H3/t11-/m1/s1. The summed E-state index contributed by atoms with van der Waals surface area (Å²) in [5.41, 5.74) is 1.94. The van der Waals surface area contributed by atoms with Crippen LogP contribution in [0.1, 0.15) is 17.5 Å². The van der Waals surface area contributed by atoms with Crippen LogP contribution in [0.2, 0.25) is 0 Å². The molecule has 0 bridgehead atoms. The maximum atomic E-state index is 13.7. The van der Waals surface area contributed by atoms with Crippen molar-refractivity contribution in [2.75, 3.05) is 20.3 Å². The molecule has 1 aliphatic rings. The molecular formula is C13H18FNO. The molecule has 1 aromatic carbocycles. The first kappa shape index (κ1) is 11.6. The maximum Gasteiger partial charge on any atom is 0.126 e. The Balaban J connectivity index is 2.10. The molecule has 1 atom stereocenters. The van der Waals surface area contributed by atoms with E-state index in [0.717, 1.165) is 24.1 Å². The highest BCUT2D eigenvalue weighted by molar-refractivity contribution is 5.30. The van der Waals surface area contributed by atoms with Crippen LogP contribution in [0, 0.1) is 5.82 Å². The van der Waals surface area contributed by atoms with E-state index in [1.807, 2.05) is 6.07 Å². The zero-order chi connectivity index (χ0) is 11.4. The average Bonchev–Trinajstić information content (AvgIpc) is 2.22. The summed E-state index contributed by atoms with van der Waals surface area (Å²) in [4.78, 5) is 0. The van der Waals surface area contributed by atoms with Gasteiger partial charge in [0, 0.05) is 13.2 Å². The quantitative estimate of drug-likeness (QED) is 0.823. The molecule has 1 saturated heterocycles. The molecule has 2 rings (SSSR count). The van der Waals surface area contributed by atoms with Crippen molar-refractivity contribution in [1.82, 2.24) is 5.32 Å². The minimum absolute atomic E-state index is 0.103. The highest BCUT2D eigenvalue weighted by Crippen LogP contribution is 2.19. The second-order valence-corrected chi connectivity index (χ2v) is 4.26. The van der Waals surface area contributed by atoms with Crippen LogP contribution < -0.4 is 5.32 Å². The van der Waals surface area contributed by atoms with Gasteiger partial charge in [0.1, 0.15) is 5.82 Å². The molecular weight excluding hydrogens is 205 g/mol. The molecule has 1 aromatic rings. The number of benzene rings is 1. The Labute approximate surface area is 95.8 Å². The second-order valence-electron chi connectivity index (χ2n) is 4.26. The van der Waals surface area contributed by atoms with Gasteiger partial charge in [-0.15, -0.1) is 0 Å². The molecule has 0 aromatic heterocycles. The zero-order valence-corrected chi connectivity index (χ0v) is 9.63. The molecule has 0 radical (unpaired) electrons. The van der Waals surface area contributed by atoms with Gasteiger partial charge < -0.3 is 10.1 Å². The van der Waals surface area contributed by atoms with Gasteiger partial charge >= 0.3 is 0 Å². The van der Waals surface area contributed by atoms with Gasteiger partial charge in [-0.1, -0.05) is 12.1 Å². The van der Waals surface area contributed by atoms with Gasteiger partial charge in [-0.05, 0) is 43.0 Å². The summed E-state index contributed by atoms with van der Waals surface area (Å²) in [6.45, 7) is 1.67. The van der Waals surface area contributed by atoms with Crippen molar-refractivity contribution < 1.29 is 9.13 Å². The second kappa shape index (κ2) is 5.41. The van der Waals surface area contributed by atoms with Crippen molar-refractivity contribution in [2.24, 2.45) is 0 Å². The third-order valence-corrected chi connectivity index (χ3v) is 3.16. The van der Waals surface area contributed by atoms with E-state index >= 15 is 0 Å². The largest absolute Gasteiger partial charge is 0.384 e. The fourth-order valence-corrected chi connectivity index (χ4v) is 2.07. The number of hydrogen-bond acceptors (Lipinski definition) is 2. The van der Waals surface area contributed by atoms with E-state index in [-0.39, 0.29) is 5.82 Å². The van der Waals surface area contributed by atoms with Crippen LogP contribution in [0.25, 0.3) is 0 Å². The Morgan fingerprint density at radius 2 is 2.31 bits per heavy atom. The van der Waals surface area contributed by atoms with Crippen molar-refractivity contribution >= 4 is 0 Å². The van der Waals surface area contributed by atoms with E-state index < -0.39 is 0 Å². The van der Waals surface area contributed by atoms with Gasteiger partial charge in [-0.3, -0.25) is 0 Å². The fraction of sp³-hybridized carbons (Fsp3) is 0.538. The molecule has 0 unspecified atom stereocenters. The van der Waals surface area contributed by atoms with Crippen molar-refractivity contribution in [3.05, 3.63) is 35.1 Å². The topological polar surface area (TPSA) is 21.3 Å². The number of ether oxygens (including phenoxy) is 1. The molecule has 0 saturated carbocycles. The lowest BCUT2D eigenvalue weighted by Crippen LogP contribution is -2.44. The summed E-state index contributed by atoms with van der Waals surface area (Å²) in [6.07, 6.45) is 2.78. The van der Waals surface area contributed by atoms with Crippen LogP contribution >= 0.6 is 0 Å². The van der Waals surface area contributed by atoms with E-state index in [9.17, 15) is 4.39 Å². The van der Waals surface area contributed by atoms with E-state index in [4.69, 9.17) is 4.74 Å². The third kappa shape index (κ3) is 2.60. The van der Waals surface area contributed by atoms with Crippen LogP contribution in [0.3, 0.4) is 0 Å². The number of methoxy groups -OCH3 is 1. The number of hydrogen-bond donors (Lipinski definition) is 1. The normalized spacial score (nSPS) is 19.5. The smallest absolute Gasteiger partial charge is 0.126 e. The molecule has 88 valence electrons. The van der Waals surface area contributed by atoms with Gasteiger partial charge in [0.15, 0.2) is 0 Å². The summed E-state index contributed by atoms with van der Waals surface area (Å²) in [5, 5.41) is 3.34. The number of nitrogens with one attached hydrogen (secondary N) is 1. The molecule has 1 N–H and O–H groups in total. The number of rotatable bonds is 5. The lowest BCUT2D eigenvalue weighted by molar-refractivity contribution is 0.201. The Hall–Kier alpha value is -0.930. The summed E-state index contributed by atoms with van der Waals surface area (Å²) in [6, 6.07) is 5.87. The van der Waals surface area contributed by atoms with Crippen LogP contribution in [-0.4, -0.2) is 26.3 Å². The lowest BCUT2D eigenvalue weighted by Gasteiger charge is -2.28. The first-order chi connectivity index (χ1) is 7.81. The zero-order valence-electron chi connectivity index (χ0n) is 9.63. The predicted molar refractivity (Wildman–Crippen MR) is 62.1 cm³/mol. The first-order valence-electron chi connectivity index (χ1n) is 5.80. The van der Waals surface area contributed by atoms with Gasteiger partial charge in [0.25, 0.3) is 0 Å². The molecule has 0 aliphatic carbocycles. The van der Waals surface area contributed by atoms with Gasteiger partial charge in [-0.25, -0.2) is 4.39 Å². The minimum atomic E-state index is -0.103. The summed E-state index contributed by atoms with van der Waals surface area (Å²) in [5.74, 6) is -0.103. The van der Waals surface area contributed by atoms with Gasteiger partial charge in [0.2, 0.25) is 0 Å². The molecule has 0 spiro atoms. The number of halogens is 1. The Kier molecular flexibility index (Phi) is 3.91. The predicted octanol–water partition coefficient (Wildman–Crippen LogP) is 1.92. The first-order valence-corrected chi connectivity index (χ1v) is 5.80. The molecule has 16 heavy (non-hydrogen) atoms. The minimum Gasteiger partial charge on any atom is -0.384 e. The Morgan fingerprint density at radius 3 is 2.94 bits per heavy atom. The lowest BCUT2D eigenvalue weighted by atomic mass is 9.93. The summed E-state index contributed by atoms with van der Waals surface area (Å²) >= 11 is 0. The molecule has 1 heterocycles. The van der Waals surface area contributed by atoms with Crippen molar-refractivity contribution in [3.63, 3.8) is 0 Å². The monoisotopic (exact) mass is 223 g/mol. The van der Waals surface area contributed by atoms with E-state index in [1.54, 1.807) is 13.2 Å². The third-order valence-electron chi connectivity index (χ3n) is 3.16. The van der Waals surface area contributed by atoms with E-state index in [0.29, 0.717) is 19.1 Å². The molecule has 1 fully saturated rings. The Morgan fingerprint density at radius 1 is 1.50 bits per heavy atom. The maximum absolute atomic E-state index is 13.7. The van der Waals surface area contributed by atoms with E-state index in [1.165, 1.54) is 12.5 Å². The van der Waals surface area contributed by atoms with Crippen LogP contribution in [0.5, 0.6) is 0 Å². The van der Waals surface area contributed by atoms with Gasteiger partial charge in [0.05, 0.1) is 6.61 Å². The highest BCUT2D eigenvalue weighted by Gasteiger charge is 2.19. The van der Waals surface area contributed by atoms with Crippen LogP contribution in [0.15, 0.2) is 18.2 Å². The molecule has 0 amide bonds. The highest BCUT2D eigenvalue weighted by atomic mass is 19.1. The molecule has 3 heteroatoms. The average molecular weight is 223 g/mol. The van der Waals surface area contributed by atoms with Crippen molar-refractivity contribution in [1.29, 1.82) is 0 Å². The Bertz CT molecular complexity index is 350. The summed E-state index contributed by atoms with van der Waals surface area (Å²) < 4.78 is 18.7. The van der Waals surface area contributed by atoms with Crippen molar-refractivity contribution in [3.8, 4) is 0 Å². The van der Waals surface area contributed by atoms with Crippen molar-refractivity contribution in [2.45, 2.75) is 25.3 Å². The molecule has 2 nitrogen and oxygen atoms in total. The molecule has 1 aliphatic heterocycles. The summed E-state index contributed by atoms with van der Waals surface area (Å²) in [7, 11) is 1.65. The van der Waals surface area contributed by atoms with Gasteiger partial charge in [-0.2, -0.15) is 0 Å². The van der Waals surface area contributed by atoms with Crippen LogP contribution in [-0.2, 0) is 17.6 Å². The fourth-order valence-electron chi connectivity index (χ4n) is 2.07. The SMILES string of the molecule is COCCc1c(F)cccc1C[C@H]1CCN1.